The van der Waals surface area contributed by atoms with Gasteiger partial charge in [-0.1, -0.05) is 17.7 Å². The highest BCUT2D eigenvalue weighted by Crippen LogP contribution is 2.18. The van der Waals surface area contributed by atoms with Crippen molar-refractivity contribution in [3.8, 4) is 0 Å². The topological polar surface area (TPSA) is 79.3 Å². The molecule has 2 aromatic rings. The fourth-order valence-electron chi connectivity index (χ4n) is 1.63. The van der Waals surface area contributed by atoms with Gasteiger partial charge in [0, 0.05) is 17.4 Å². The lowest BCUT2D eigenvalue weighted by atomic mass is 10.1. The Bertz CT molecular complexity index is 686. The van der Waals surface area contributed by atoms with Crippen LogP contribution in [0.2, 0.25) is 5.15 Å². The Kier molecular flexibility index (Phi) is 4.00. The first-order valence-electron chi connectivity index (χ1n) is 5.74. The quantitative estimate of drug-likeness (QED) is 0.852. The SMILES string of the molecule is Cc1ccc(C(=O)O)cc1NC(=O)c1ccnc(Cl)c1. The number of nitrogens with zero attached hydrogens (tertiary/aromatic N) is 1. The van der Waals surface area contributed by atoms with Gasteiger partial charge in [0.2, 0.25) is 0 Å². The van der Waals surface area contributed by atoms with Crippen LogP contribution in [0, 0.1) is 6.92 Å². The molecule has 0 saturated carbocycles. The van der Waals surface area contributed by atoms with Crippen molar-refractivity contribution in [3.63, 3.8) is 0 Å². The molecule has 0 fully saturated rings. The molecule has 1 aromatic carbocycles. The van der Waals surface area contributed by atoms with Crippen molar-refractivity contribution in [1.82, 2.24) is 4.98 Å². The molecule has 0 bridgehead atoms. The Hall–Kier alpha value is -2.40. The maximum absolute atomic E-state index is 12.1. The fraction of sp³-hybridized carbons (Fsp3) is 0.0714. The monoisotopic (exact) mass is 290 g/mol. The zero-order valence-corrected chi connectivity index (χ0v) is 11.3. The van der Waals surface area contributed by atoms with Crippen molar-refractivity contribution in [1.29, 1.82) is 0 Å². The minimum absolute atomic E-state index is 0.110. The lowest BCUT2D eigenvalue weighted by Crippen LogP contribution is -2.13. The van der Waals surface area contributed by atoms with Crippen molar-refractivity contribution in [2.24, 2.45) is 0 Å². The summed E-state index contributed by atoms with van der Waals surface area (Å²) in [7, 11) is 0. The number of rotatable bonds is 3. The molecule has 5 nitrogen and oxygen atoms in total. The lowest BCUT2D eigenvalue weighted by molar-refractivity contribution is 0.0696. The third-order valence-electron chi connectivity index (χ3n) is 2.72. The van der Waals surface area contributed by atoms with Crippen LogP contribution in [0.4, 0.5) is 5.69 Å². The van der Waals surface area contributed by atoms with Crippen LogP contribution in [0.15, 0.2) is 36.5 Å². The number of nitrogens with one attached hydrogen (secondary N) is 1. The second kappa shape index (κ2) is 5.71. The summed E-state index contributed by atoms with van der Waals surface area (Å²) in [5.74, 6) is -1.42. The third-order valence-corrected chi connectivity index (χ3v) is 2.93. The molecule has 0 aliphatic carbocycles. The van der Waals surface area contributed by atoms with Crippen LogP contribution in [-0.4, -0.2) is 22.0 Å². The molecule has 20 heavy (non-hydrogen) atoms. The van der Waals surface area contributed by atoms with Gasteiger partial charge in [0.15, 0.2) is 0 Å². The van der Waals surface area contributed by atoms with Gasteiger partial charge in [-0.3, -0.25) is 4.79 Å². The van der Waals surface area contributed by atoms with Crippen LogP contribution in [-0.2, 0) is 0 Å². The van der Waals surface area contributed by atoms with Gasteiger partial charge in [-0.05, 0) is 36.8 Å². The predicted octanol–water partition coefficient (Wildman–Crippen LogP) is 2.99. The predicted molar refractivity (Wildman–Crippen MR) is 75.3 cm³/mol. The fourth-order valence-corrected chi connectivity index (χ4v) is 1.80. The molecule has 0 saturated heterocycles. The molecular weight excluding hydrogens is 280 g/mol. The molecule has 6 heteroatoms. The molecule has 0 aliphatic rings. The second-order valence-electron chi connectivity index (χ2n) is 4.16. The van der Waals surface area contributed by atoms with Crippen LogP contribution in [0.3, 0.4) is 0 Å². The van der Waals surface area contributed by atoms with Gasteiger partial charge in [-0.25, -0.2) is 9.78 Å². The van der Waals surface area contributed by atoms with E-state index in [9.17, 15) is 9.59 Å². The number of aromatic nitrogens is 1. The molecule has 0 spiro atoms. The molecule has 0 unspecified atom stereocenters. The Labute approximate surface area is 120 Å². The van der Waals surface area contributed by atoms with Crippen LogP contribution < -0.4 is 5.32 Å². The highest BCUT2D eigenvalue weighted by atomic mass is 35.5. The molecule has 102 valence electrons. The first kappa shape index (κ1) is 14.0. The third kappa shape index (κ3) is 3.13. The largest absolute Gasteiger partial charge is 0.478 e. The van der Waals surface area contributed by atoms with Gasteiger partial charge in [0.1, 0.15) is 5.15 Å². The normalized spacial score (nSPS) is 10.1. The van der Waals surface area contributed by atoms with Crippen molar-refractivity contribution in [2.45, 2.75) is 6.92 Å². The summed E-state index contributed by atoms with van der Waals surface area (Å²) in [5.41, 5.74) is 1.68. The molecule has 1 amide bonds. The van der Waals surface area contributed by atoms with Crippen molar-refractivity contribution in [3.05, 3.63) is 58.4 Å². The highest BCUT2D eigenvalue weighted by molar-refractivity contribution is 6.29. The van der Waals surface area contributed by atoms with E-state index in [-0.39, 0.29) is 16.6 Å². The van der Waals surface area contributed by atoms with E-state index >= 15 is 0 Å². The average Bonchev–Trinajstić information content (AvgIpc) is 2.41. The van der Waals surface area contributed by atoms with Gasteiger partial charge < -0.3 is 10.4 Å². The Morgan fingerprint density at radius 3 is 2.60 bits per heavy atom. The maximum Gasteiger partial charge on any atom is 0.335 e. The van der Waals surface area contributed by atoms with E-state index in [1.165, 1.54) is 30.5 Å². The first-order chi connectivity index (χ1) is 9.47. The summed E-state index contributed by atoms with van der Waals surface area (Å²) < 4.78 is 0. The second-order valence-corrected chi connectivity index (χ2v) is 4.54. The Morgan fingerprint density at radius 1 is 1.20 bits per heavy atom. The number of carbonyl (C=O) groups is 2. The minimum atomic E-state index is -1.05. The van der Waals surface area contributed by atoms with Gasteiger partial charge in [0.25, 0.3) is 5.91 Å². The summed E-state index contributed by atoms with van der Waals surface area (Å²) in [6.07, 6.45) is 1.43. The van der Waals surface area contributed by atoms with Gasteiger partial charge in [-0.2, -0.15) is 0 Å². The molecule has 0 atom stereocenters. The van der Waals surface area contributed by atoms with Crippen molar-refractivity contribution < 1.29 is 14.7 Å². The first-order valence-corrected chi connectivity index (χ1v) is 6.12. The number of aryl methyl sites for hydroxylation is 1. The molecule has 1 aromatic heterocycles. The van der Waals surface area contributed by atoms with E-state index in [4.69, 9.17) is 16.7 Å². The number of amides is 1. The van der Waals surface area contributed by atoms with Gasteiger partial charge >= 0.3 is 5.97 Å². The van der Waals surface area contributed by atoms with Gasteiger partial charge in [0.05, 0.1) is 5.56 Å². The number of carboxylic acid groups (broad SMARTS) is 1. The van der Waals surface area contributed by atoms with Crippen LogP contribution in [0.25, 0.3) is 0 Å². The van der Waals surface area contributed by atoms with E-state index in [0.717, 1.165) is 5.56 Å². The number of aromatic carboxylic acids is 1. The lowest BCUT2D eigenvalue weighted by Gasteiger charge is -2.09. The van der Waals surface area contributed by atoms with E-state index < -0.39 is 5.97 Å². The number of anilines is 1. The van der Waals surface area contributed by atoms with Crippen LogP contribution in [0.1, 0.15) is 26.3 Å². The number of carboxylic acids is 1. The smallest absolute Gasteiger partial charge is 0.335 e. The summed E-state index contributed by atoms with van der Waals surface area (Å²) >= 11 is 5.72. The summed E-state index contributed by atoms with van der Waals surface area (Å²) in [4.78, 5) is 26.8. The van der Waals surface area contributed by atoms with Crippen molar-refractivity contribution >= 4 is 29.2 Å². The zero-order chi connectivity index (χ0) is 14.7. The van der Waals surface area contributed by atoms with Crippen LogP contribution >= 0.6 is 11.6 Å². The van der Waals surface area contributed by atoms with E-state index in [2.05, 4.69) is 10.3 Å². The average molecular weight is 291 g/mol. The molecule has 2 rings (SSSR count). The van der Waals surface area contributed by atoms with E-state index in [1.807, 2.05) is 0 Å². The summed E-state index contributed by atoms with van der Waals surface area (Å²) in [6, 6.07) is 7.50. The zero-order valence-electron chi connectivity index (χ0n) is 10.6. The summed E-state index contributed by atoms with van der Waals surface area (Å²) in [5, 5.41) is 11.8. The minimum Gasteiger partial charge on any atom is -0.478 e. The van der Waals surface area contributed by atoms with Gasteiger partial charge in [-0.15, -0.1) is 0 Å². The molecule has 2 N–H and O–H groups in total. The number of hydrogen-bond acceptors (Lipinski definition) is 3. The number of benzene rings is 1. The Balaban J connectivity index is 2.27. The van der Waals surface area contributed by atoms with E-state index in [0.29, 0.717) is 11.3 Å². The number of carbonyl (C=O) groups excluding carboxylic acids is 1. The number of pyridine rings is 1. The number of hydrogen-bond donors (Lipinski definition) is 2. The molecule has 0 radical (unpaired) electrons. The molecule has 0 aliphatic heterocycles. The van der Waals surface area contributed by atoms with Crippen molar-refractivity contribution in [2.75, 3.05) is 5.32 Å². The Morgan fingerprint density at radius 2 is 1.95 bits per heavy atom. The maximum atomic E-state index is 12.1. The molecule has 1 heterocycles. The summed E-state index contributed by atoms with van der Waals surface area (Å²) in [6.45, 7) is 1.78. The standard InChI is InChI=1S/C14H11ClN2O3/c1-8-2-3-10(14(19)20)6-11(8)17-13(18)9-4-5-16-12(15)7-9/h2-7H,1H3,(H,17,18)(H,19,20). The van der Waals surface area contributed by atoms with E-state index in [1.54, 1.807) is 13.0 Å². The molecular formula is C14H11ClN2O3. The highest BCUT2D eigenvalue weighted by Gasteiger charge is 2.11. The number of halogens is 1. The van der Waals surface area contributed by atoms with Crippen LogP contribution in [0.5, 0.6) is 0 Å².